The van der Waals surface area contributed by atoms with E-state index in [9.17, 15) is 8.42 Å². The summed E-state index contributed by atoms with van der Waals surface area (Å²) in [5, 5.41) is 3.40. The van der Waals surface area contributed by atoms with Crippen LogP contribution in [0.25, 0.3) is 0 Å². The number of aromatic nitrogens is 3. The molecule has 2 aromatic heterocycles. The quantitative estimate of drug-likeness (QED) is 0.697. The summed E-state index contributed by atoms with van der Waals surface area (Å²) in [7, 11) is -3.54. The molecule has 0 spiro atoms. The zero-order valence-electron chi connectivity index (χ0n) is 16.4. The van der Waals surface area contributed by atoms with Crippen LogP contribution in [-0.4, -0.2) is 48.5 Å². The van der Waals surface area contributed by atoms with Gasteiger partial charge in [0.15, 0.2) is 0 Å². The van der Waals surface area contributed by atoms with Crippen LogP contribution in [0.2, 0.25) is 0 Å². The summed E-state index contributed by atoms with van der Waals surface area (Å²) < 4.78 is 27.5. The lowest BCUT2D eigenvalue weighted by atomic mass is 10.1. The summed E-state index contributed by atoms with van der Waals surface area (Å²) in [5.74, 6) is 1.40. The van der Waals surface area contributed by atoms with Crippen molar-refractivity contribution in [3.63, 3.8) is 0 Å². The maximum atomic E-state index is 12.4. The van der Waals surface area contributed by atoms with Gasteiger partial charge < -0.3 is 10.2 Å². The number of pyridine rings is 1. The minimum atomic E-state index is -3.54. The monoisotopic (exact) mass is 404 g/mol. The average molecular weight is 405 g/mol. The molecule has 3 rings (SSSR count). The molecule has 0 aliphatic carbocycles. The molecule has 0 amide bonds. The molecule has 2 N–H and O–H groups in total. The lowest BCUT2D eigenvalue weighted by molar-refractivity contribution is 0.521. The van der Waals surface area contributed by atoms with Crippen LogP contribution in [-0.2, 0) is 10.0 Å². The van der Waals surface area contributed by atoms with Crippen LogP contribution in [0.3, 0.4) is 0 Å². The van der Waals surface area contributed by atoms with Gasteiger partial charge in [-0.15, -0.1) is 0 Å². The van der Waals surface area contributed by atoms with Gasteiger partial charge in [-0.2, -0.15) is 0 Å². The Labute approximate surface area is 166 Å². The zero-order valence-corrected chi connectivity index (χ0v) is 17.2. The summed E-state index contributed by atoms with van der Waals surface area (Å²) in [4.78, 5) is 15.3. The lowest BCUT2D eigenvalue weighted by Crippen LogP contribution is -2.43. The molecule has 28 heavy (non-hydrogen) atoms. The van der Waals surface area contributed by atoms with Gasteiger partial charge in [0, 0.05) is 43.8 Å². The van der Waals surface area contributed by atoms with Crippen molar-refractivity contribution < 1.29 is 8.42 Å². The summed E-state index contributed by atoms with van der Waals surface area (Å²) in [5.41, 5.74) is 0. The predicted octanol–water partition coefficient (Wildman–Crippen LogP) is 2.42. The van der Waals surface area contributed by atoms with Crippen molar-refractivity contribution in [2.24, 2.45) is 0 Å². The van der Waals surface area contributed by atoms with Gasteiger partial charge in [0.2, 0.25) is 16.0 Å². The van der Waals surface area contributed by atoms with E-state index in [4.69, 9.17) is 0 Å². The third-order valence-electron chi connectivity index (χ3n) is 4.73. The second-order valence-corrected chi connectivity index (χ2v) is 8.88. The van der Waals surface area contributed by atoms with E-state index in [0.29, 0.717) is 5.82 Å². The third-order valence-corrected chi connectivity index (χ3v) is 6.31. The number of nitrogens with zero attached hydrogens (tertiary/aromatic N) is 4. The number of rotatable bonds is 8. The van der Waals surface area contributed by atoms with Crippen molar-refractivity contribution in [2.45, 2.75) is 56.5 Å². The fourth-order valence-electron chi connectivity index (χ4n) is 3.39. The first-order chi connectivity index (χ1) is 13.5. The Hall–Kier alpha value is -2.26. The van der Waals surface area contributed by atoms with Crippen molar-refractivity contribution in [3.8, 4) is 0 Å². The predicted molar refractivity (Wildman–Crippen MR) is 110 cm³/mol. The van der Waals surface area contributed by atoms with Gasteiger partial charge in [-0.3, -0.25) is 0 Å². The van der Waals surface area contributed by atoms with Crippen molar-refractivity contribution in [2.75, 3.05) is 23.3 Å². The molecule has 2 unspecified atom stereocenters. The number of piperidine rings is 1. The minimum Gasteiger partial charge on any atom is -0.366 e. The van der Waals surface area contributed by atoms with Crippen molar-refractivity contribution in [3.05, 3.63) is 36.8 Å². The zero-order chi connectivity index (χ0) is 20.0. The Bertz CT molecular complexity index is 844. The maximum absolute atomic E-state index is 12.4. The van der Waals surface area contributed by atoms with Crippen molar-refractivity contribution in [1.82, 2.24) is 19.7 Å². The topological polar surface area (TPSA) is 100 Å². The molecule has 0 saturated carbocycles. The molecule has 1 saturated heterocycles. The van der Waals surface area contributed by atoms with Gasteiger partial charge in [-0.1, -0.05) is 13.3 Å². The van der Waals surface area contributed by atoms with E-state index in [0.717, 1.165) is 44.7 Å². The summed E-state index contributed by atoms with van der Waals surface area (Å²) in [6.45, 7) is 5.61. The van der Waals surface area contributed by atoms with Crippen LogP contribution in [0.5, 0.6) is 0 Å². The Kier molecular flexibility index (Phi) is 6.79. The Morgan fingerprint density at radius 3 is 2.71 bits per heavy atom. The highest BCUT2D eigenvalue weighted by Gasteiger charge is 2.22. The second kappa shape index (κ2) is 9.29. The third kappa shape index (κ3) is 5.39. The largest absolute Gasteiger partial charge is 0.366 e. The molecule has 0 aromatic carbocycles. The van der Waals surface area contributed by atoms with Crippen LogP contribution in [0.15, 0.2) is 41.7 Å². The Morgan fingerprint density at radius 2 is 2.04 bits per heavy atom. The van der Waals surface area contributed by atoms with Crippen LogP contribution >= 0.6 is 0 Å². The van der Waals surface area contributed by atoms with Crippen LogP contribution in [0.4, 0.5) is 11.8 Å². The van der Waals surface area contributed by atoms with Crippen LogP contribution in [0, 0.1) is 0 Å². The molecule has 152 valence electrons. The highest BCUT2D eigenvalue weighted by molar-refractivity contribution is 7.89. The lowest BCUT2D eigenvalue weighted by Gasteiger charge is -2.33. The second-order valence-electron chi connectivity index (χ2n) is 7.17. The number of hydrogen-bond donors (Lipinski definition) is 2. The van der Waals surface area contributed by atoms with Gasteiger partial charge in [0.25, 0.3) is 0 Å². The van der Waals surface area contributed by atoms with Gasteiger partial charge in [-0.25, -0.2) is 28.1 Å². The maximum Gasteiger partial charge on any atom is 0.242 e. The molecular formula is C19H28N6O2S. The summed E-state index contributed by atoms with van der Waals surface area (Å²) in [6, 6.07) is 5.23. The van der Waals surface area contributed by atoms with Gasteiger partial charge in [-0.05, 0) is 44.4 Å². The molecule has 0 radical (unpaired) electrons. The Balaban J connectivity index is 1.61. The highest BCUT2D eigenvalue weighted by atomic mass is 32.2. The molecule has 2 aromatic rings. The summed E-state index contributed by atoms with van der Waals surface area (Å²) >= 11 is 0. The number of anilines is 2. The molecule has 2 atom stereocenters. The average Bonchev–Trinajstić information content (AvgIpc) is 2.69. The summed E-state index contributed by atoms with van der Waals surface area (Å²) in [6.07, 6.45) is 8.67. The van der Waals surface area contributed by atoms with Gasteiger partial charge in [0.05, 0.1) is 0 Å². The molecule has 1 fully saturated rings. The van der Waals surface area contributed by atoms with E-state index in [2.05, 4.69) is 29.9 Å². The Morgan fingerprint density at radius 1 is 1.25 bits per heavy atom. The first kappa shape index (κ1) is 20.5. The van der Waals surface area contributed by atoms with Gasteiger partial charge in [0.1, 0.15) is 10.7 Å². The first-order valence-electron chi connectivity index (χ1n) is 9.75. The van der Waals surface area contributed by atoms with E-state index in [-0.39, 0.29) is 17.0 Å². The van der Waals surface area contributed by atoms with E-state index in [1.54, 1.807) is 30.6 Å². The molecule has 3 heterocycles. The van der Waals surface area contributed by atoms with Gasteiger partial charge >= 0.3 is 0 Å². The van der Waals surface area contributed by atoms with Crippen LogP contribution in [0.1, 0.15) is 39.5 Å². The first-order valence-corrected chi connectivity index (χ1v) is 11.2. The molecule has 0 bridgehead atoms. The minimum absolute atomic E-state index is 0.0961. The standard InChI is InChI=1S/C19H28N6O2S/c1-3-6-15(2)24-28(26,27)17-8-9-18(22-13-17)23-16-7-4-12-25(14-16)19-20-10-5-11-21-19/h5,8-11,13,15-16,24H,3-4,6-7,12,14H2,1-2H3,(H,22,23). The van der Waals surface area contributed by atoms with E-state index < -0.39 is 10.0 Å². The molecule has 9 heteroatoms. The number of nitrogens with one attached hydrogen (secondary N) is 2. The van der Waals surface area contributed by atoms with Crippen molar-refractivity contribution in [1.29, 1.82) is 0 Å². The SMILES string of the molecule is CCCC(C)NS(=O)(=O)c1ccc(NC2CCCN(c3ncccn3)C2)nc1. The molecule has 1 aliphatic heterocycles. The fourth-order valence-corrected chi connectivity index (χ4v) is 4.61. The highest BCUT2D eigenvalue weighted by Crippen LogP contribution is 2.19. The molecule has 8 nitrogen and oxygen atoms in total. The number of hydrogen-bond acceptors (Lipinski definition) is 7. The molecular weight excluding hydrogens is 376 g/mol. The normalized spacial score (nSPS) is 18.6. The van der Waals surface area contributed by atoms with E-state index in [1.807, 2.05) is 13.8 Å². The smallest absolute Gasteiger partial charge is 0.242 e. The van der Waals surface area contributed by atoms with Crippen LogP contribution < -0.4 is 14.9 Å². The van der Waals surface area contributed by atoms with E-state index in [1.165, 1.54) is 6.20 Å². The van der Waals surface area contributed by atoms with Crippen molar-refractivity contribution >= 4 is 21.8 Å². The van der Waals surface area contributed by atoms with E-state index >= 15 is 0 Å². The number of sulfonamides is 1. The fraction of sp³-hybridized carbons (Fsp3) is 0.526. The molecule has 1 aliphatic rings.